The van der Waals surface area contributed by atoms with Crippen LogP contribution < -0.4 is 10.2 Å². The second-order valence-electron chi connectivity index (χ2n) is 7.53. The summed E-state index contributed by atoms with van der Waals surface area (Å²) in [5.41, 5.74) is 2.65. The molecule has 1 aliphatic heterocycles. The maximum absolute atomic E-state index is 13.0. The molecule has 0 spiro atoms. The summed E-state index contributed by atoms with van der Waals surface area (Å²) in [4.78, 5) is 19.9. The number of carbonyl (C=O) groups excluding carboxylic acids is 1. The number of anilines is 1. The molecule has 0 bridgehead atoms. The number of aromatic nitrogens is 1. The van der Waals surface area contributed by atoms with Crippen molar-refractivity contribution in [2.24, 2.45) is 0 Å². The summed E-state index contributed by atoms with van der Waals surface area (Å²) in [6.07, 6.45) is 4.30. The van der Waals surface area contributed by atoms with Crippen LogP contribution in [0, 0.1) is 0 Å². The van der Waals surface area contributed by atoms with Gasteiger partial charge in [-0.3, -0.25) is 4.79 Å². The highest BCUT2D eigenvalue weighted by molar-refractivity contribution is 8.00. The van der Waals surface area contributed by atoms with Crippen LogP contribution in [0.3, 0.4) is 0 Å². The molecular formula is C24H23N3O2S2. The highest BCUT2D eigenvalue weighted by Gasteiger charge is 2.21. The fraction of sp³-hybridized carbons (Fsp3) is 0.250. The summed E-state index contributed by atoms with van der Waals surface area (Å²) in [6, 6.07) is 16.0. The maximum atomic E-state index is 13.0. The average molecular weight is 450 g/mol. The molecular weight excluding hydrogens is 426 g/mol. The Kier molecular flexibility index (Phi) is 5.95. The maximum Gasteiger partial charge on any atom is 0.287 e. The first-order valence-corrected chi connectivity index (χ1v) is 12.3. The number of thioether (sulfide) groups is 1. The Morgan fingerprint density at radius 2 is 2.00 bits per heavy atom. The molecule has 1 amide bonds. The number of para-hydroxylation sites is 1. The number of benzene rings is 1. The number of thiophene rings is 1. The third-order valence-corrected chi connectivity index (χ3v) is 7.61. The fourth-order valence-corrected chi connectivity index (χ4v) is 5.64. The zero-order valence-corrected chi connectivity index (χ0v) is 18.7. The molecule has 0 radical (unpaired) electrons. The van der Waals surface area contributed by atoms with Crippen molar-refractivity contribution in [2.45, 2.75) is 29.3 Å². The standard InChI is InChI=1S/C24H23N3O2S2/c28-24(26-15-17-9-10-21(25-14-17)27-11-3-4-12-27)23-19(16-31-22-8-5-13-30-22)18-6-1-2-7-20(18)29-23/h1-2,5-10,13-14H,3-4,11-12,15-16H2,(H,26,28). The van der Waals surface area contributed by atoms with E-state index >= 15 is 0 Å². The lowest BCUT2D eigenvalue weighted by molar-refractivity contribution is 0.0924. The van der Waals surface area contributed by atoms with Crippen LogP contribution in [0.1, 0.15) is 34.5 Å². The number of rotatable bonds is 7. The first-order chi connectivity index (χ1) is 15.3. The van der Waals surface area contributed by atoms with E-state index in [4.69, 9.17) is 4.42 Å². The molecule has 5 rings (SSSR count). The van der Waals surface area contributed by atoms with Gasteiger partial charge in [-0.25, -0.2) is 4.98 Å². The molecule has 1 aromatic carbocycles. The van der Waals surface area contributed by atoms with Gasteiger partial charge in [-0.1, -0.05) is 30.3 Å². The molecule has 158 valence electrons. The monoisotopic (exact) mass is 449 g/mol. The number of fused-ring (bicyclic) bond motifs is 1. The summed E-state index contributed by atoms with van der Waals surface area (Å²) in [5.74, 6) is 1.90. The van der Waals surface area contributed by atoms with E-state index in [2.05, 4.69) is 26.6 Å². The average Bonchev–Trinajstić information content (AvgIpc) is 3.57. The predicted molar refractivity (Wildman–Crippen MR) is 127 cm³/mol. The van der Waals surface area contributed by atoms with Crippen LogP contribution in [-0.4, -0.2) is 24.0 Å². The van der Waals surface area contributed by atoms with Gasteiger partial charge in [-0.2, -0.15) is 0 Å². The predicted octanol–water partition coefficient (Wildman–Crippen LogP) is 5.71. The SMILES string of the molecule is O=C(NCc1ccc(N2CCCC2)nc1)c1oc2ccccc2c1CSc1cccs1. The molecule has 1 N–H and O–H groups in total. The minimum atomic E-state index is -0.193. The minimum absolute atomic E-state index is 0.193. The Labute approximate surface area is 189 Å². The molecule has 4 aromatic rings. The van der Waals surface area contributed by atoms with Gasteiger partial charge in [0.25, 0.3) is 5.91 Å². The van der Waals surface area contributed by atoms with Crippen LogP contribution in [0.4, 0.5) is 5.82 Å². The van der Waals surface area contributed by atoms with Gasteiger partial charge in [0.1, 0.15) is 11.4 Å². The number of furan rings is 1. The largest absolute Gasteiger partial charge is 0.451 e. The van der Waals surface area contributed by atoms with E-state index in [-0.39, 0.29) is 5.91 Å². The quantitative estimate of drug-likeness (QED) is 0.366. The lowest BCUT2D eigenvalue weighted by atomic mass is 10.1. The molecule has 0 atom stereocenters. The highest BCUT2D eigenvalue weighted by Crippen LogP contribution is 2.33. The Bertz CT molecular complexity index is 1160. The first kappa shape index (κ1) is 20.2. The van der Waals surface area contributed by atoms with Crippen LogP contribution in [-0.2, 0) is 12.3 Å². The van der Waals surface area contributed by atoms with Crippen molar-refractivity contribution in [1.29, 1.82) is 0 Å². The van der Waals surface area contributed by atoms with Gasteiger partial charge in [-0.05, 0) is 42.0 Å². The summed E-state index contributed by atoms with van der Waals surface area (Å²) < 4.78 is 7.18. The number of carbonyl (C=O) groups is 1. The van der Waals surface area contributed by atoms with E-state index < -0.39 is 0 Å². The van der Waals surface area contributed by atoms with Crippen molar-refractivity contribution >= 4 is 45.8 Å². The van der Waals surface area contributed by atoms with Crippen LogP contribution in [0.15, 0.2) is 68.7 Å². The number of nitrogens with one attached hydrogen (secondary N) is 1. The van der Waals surface area contributed by atoms with Crippen LogP contribution >= 0.6 is 23.1 Å². The smallest absolute Gasteiger partial charge is 0.287 e. The summed E-state index contributed by atoms with van der Waals surface area (Å²) in [5, 5.41) is 6.06. The Hall–Kier alpha value is -2.77. The fourth-order valence-electron chi connectivity index (χ4n) is 3.83. The molecule has 0 aliphatic carbocycles. The van der Waals surface area contributed by atoms with E-state index in [0.29, 0.717) is 18.1 Å². The molecule has 5 nitrogen and oxygen atoms in total. The zero-order chi connectivity index (χ0) is 21.0. The van der Waals surface area contributed by atoms with E-state index in [1.807, 2.05) is 48.7 Å². The number of pyridine rings is 1. The molecule has 1 fully saturated rings. The molecule has 4 heterocycles. The second kappa shape index (κ2) is 9.16. The number of hydrogen-bond donors (Lipinski definition) is 1. The lowest BCUT2D eigenvalue weighted by Crippen LogP contribution is -2.23. The van der Waals surface area contributed by atoms with Gasteiger partial charge in [0.15, 0.2) is 5.76 Å². The number of amides is 1. The van der Waals surface area contributed by atoms with Gasteiger partial charge in [0.2, 0.25) is 0 Å². The number of nitrogens with zero attached hydrogens (tertiary/aromatic N) is 2. The second-order valence-corrected chi connectivity index (χ2v) is 9.75. The molecule has 1 saturated heterocycles. The molecule has 31 heavy (non-hydrogen) atoms. The Balaban J connectivity index is 1.30. The normalized spacial score (nSPS) is 13.7. The Morgan fingerprint density at radius 1 is 1.13 bits per heavy atom. The first-order valence-electron chi connectivity index (χ1n) is 10.4. The van der Waals surface area contributed by atoms with Gasteiger partial charge in [0.05, 0.1) is 4.21 Å². The van der Waals surface area contributed by atoms with E-state index in [1.54, 1.807) is 23.1 Å². The van der Waals surface area contributed by atoms with Crippen molar-refractivity contribution in [3.63, 3.8) is 0 Å². The van der Waals surface area contributed by atoms with Crippen molar-refractivity contribution in [2.75, 3.05) is 18.0 Å². The van der Waals surface area contributed by atoms with Crippen molar-refractivity contribution < 1.29 is 9.21 Å². The molecule has 1 aliphatic rings. The van der Waals surface area contributed by atoms with Crippen LogP contribution in [0.5, 0.6) is 0 Å². The molecule has 0 saturated carbocycles. The van der Waals surface area contributed by atoms with Crippen molar-refractivity contribution in [1.82, 2.24) is 10.3 Å². The summed E-state index contributed by atoms with van der Waals surface area (Å²) in [6.45, 7) is 2.56. The van der Waals surface area contributed by atoms with Crippen LogP contribution in [0.2, 0.25) is 0 Å². The van der Waals surface area contributed by atoms with Crippen LogP contribution in [0.25, 0.3) is 11.0 Å². The molecule has 3 aromatic heterocycles. The van der Waals surface area contributed by atoms with Gasteiger partial charge >= 0.3 is 0 Å². The minimum Gasteiger partial charge on any atom is -0.451 e. The third-order valence-electron chi connectivity index (χ3n) is 5.45. The van der Waals surface area contributed by atoms with E-state index in [0.717, 1.165) is 41.0 Å². The number of hydrogen-bond acceptors (Lipinski definition) is 6. The van der Waals surface area contributed by atoms with Gasteiger partial charge in [0, 0.05) is 42.5 Å². The van der Waals surface area contributed by atoms with E-state index in [1.165, 1.54) is 17.1 Å². The lowest BCUT2D eigenvalue weighted by Gasteiger charge is -2.16. The summed E-state index contributed by atoms with van der Waals surface area (Å²) in [7, 11) is 0. The Morgan fingerprint density at radius 3 is 2.77 bits per heavy atom. The van der Waals surface area contributed by atoms with E-state index in [9.17, 15) is 4.79 Å². The molecule has 7 heteroatoms. The van der Waals surface area contributed by atoms with Gasteiger partial charge in [-0.15, -0.1) is 23.1 Å². The highest BCUT2D eigenvalue weighted by atomic mass is 32.2. The topological polar surface area (TPSA) is 58.4 Å². The third kappa shape index (κ3) is 4.48. The summed E-state index contributed by atoms with van der Waals surface area (Å²) >= 11 is 3.43. The molecule has 0 unspecified atom stereocenters. The van der Waals surface area contributed by atoms with Crippen molar-refractivity contribution in [3.05, 3.63) is 77.0 Å². The van der Waals surface area contributed by atoms with Crippen molar-refractivity contribution in [3.8, 4) is 0 Å². The van der Waals surface area contributed by atoms with Gasteiger partial charge < -0.3 is 14.6 Å². The zero-order valence-electron chi connectivity index (χ0n) is 17.0.